The van der Waals surface area contributed by atoms with Gasteiger partial charge in [-0.1, -0.05) is 30.9 Å². The molecule has 0 aliphatic carbocycles. The van der Waals surface area contributed by atoms with Crippen molar-refractivity contribution in [2.75, 3.05) is 11.6 Å². The topological polar surface area (TPSA) is 119 Å². The molecule has 4 rings (SSSR count). The first-order valence-corrected chi connectivity index (χ1v) is 13.4. The molecule has 0 radical (unpaired) electrons. The molecule has 0 bridgehead atoms. The van der Waals surface area contributed by atoms with Crippen LogP contribution in [0.1, 0.15) is 68.2 Å². The number of aromatic nitrogens is 2. The normalized spacial score (nSPS) is 21.4. The number of hydrogen-bond donors (Lipinski definition) is 3. The smallest absolute Gasteiger partial charge is 0.158 e. The largest absolute Gasteiger partial charge is 0.341 e. The second-order valence-electron chi connectivity index (χ2n) is 10.5. The number of nitrogens with zero attached hydrogens (tertiary/aromatic N) is 5. The zero-order valence-electron chi connectivity index (χ0n) is 23.6. The lowest BCUT2D eigenvalue weighted by Crippen LogP contribution is -2.42. The molecule has 0 spiro atoms. The number of H-pyrrole nitrogens is 1. The Morgan fingerprint density at radius 3 is 2.83 bits per heavy atom. The Labute approximate surface area is 239 Å². The molecule has 212 valence electrons. The second kappa shape index (κ2) is 11.9. The minimum atomic E-state index is -0.853. The van der Waals surface area contributed by atoms with Crippen molar-refractivity contribution in [3.05, 3.63) is 83.0 Å². The minimum Gasteiger partial charge on any atom is -0.341 e. The minimum absolute atomic E-state index is 0.0697. The van der Waals surface area contributed by atoms with Crippen LogP contribution in [-0.2, 0) is 0 Å². The highest BCUT2D eigenvalue weighted by atomic mass is 19.1. The third-order valence-electron chi connectivity index (χ3n) is 7.94. The van der Waals surface area contributed by atoms with E-state index in [-0.39, 0.29) is 28.5 Å². The Bertz CT molecular complexity index is 1530. The number of nitriles is 1. The van der Waals surface area contributed by atoms with Gasteiger partial charge in [-0.2, -0.15) is 10.4 Å². The first-order chi connectivity index (χ1) is 19.6. The lowest BCUT2D eigenvalue weighted by atomic mass is 9.86. The van der Waals surface area contributed by atoms with Gasteiger partial charge < -0.3 is 4.98 Å². The van der Waals surface area contributed by atoms with Gasteiger partial charge in [-0.25, -0.2) is 18.8 Å². The lowest BCUT2D eigenvalue weighted by Gasteiger charge is -2.37. The van der Waals surface area contributed by atoms with Gasteiger partial charge in [0.1, 0.15) is 29.8 Å². The van der Waals surface area contributed by atoms with Crippen LogP contribution >= 0.6 is 0 Å². The fourth-order valence-corrected chi connectivity index (χ4v) is 5.84. The summed E-state index contributed by atoms with van der Waals surface area (Å²) in [5, 5.41) is 30.0. The summed E-state index contributed by atoms with van der Waals surface area (Å²) in [5.74, 6) is -0.504. The van der Waals surface area contributed by atoms with Gasteiger partial charge in [0, 0.05) is 29.9 Å². The van der Waals surface area contributed by atoms with Crippen LogP contribution in [0.25, 0.3) is 11.1 Å². The van der Waals surface area contributed by atoms with E-state index in [1.807, 2.05) is 0 Å². The van der Waals surface area contributed by atoms with Gasteiger partial charge in [-0.3, -0.25) is 15.7 Å². The van der Waals surface area contributed by atoms with E-state index in [1.54, 1.807) is 44.3 Å². The highest BCUT2D eigenvalue weighted by Gasteiger charge is 2.46. The molecule has 2 aliphatic rings. The van der Waals surface area contributed by atoms with E-state index in [2.05, 4.69) is 46.3 Å². The second-order valence-corrected chi connectivity index (χ2v) is 10.5. The van der Waals surface area contributed by atoms with Crippen molar-refractivity contribution in [3.8, 4) is 6.07 Å². The Kier molecular flexibility index (Phi) is 8.59. The predicted octanol–water partition coefficient (Wildman–Crippen LogP) is 7.02. The Morgan fingerprint density at radius 1 is 1.41 bits per heavy atom. The molecule has 2 aromatic rings. The Morgan fingerprint density at radius 2 is 2.17 bits per heavy atom. The van der Waals surface area contributed by atoms with Crippen molar-refractivity contribution < 1.29 is 8.78 Å². The van der Waals surface area contributed by atoms with Crippen LogP contribution < -0.4 is 5.01 Å². The third kappa shape index (κ3) is 5.45. The fraction of sp³-hybridized carbons (Fsp3) is 0.323. The SMILES string of the molecule is C=NN(C=N)c1ccc(C)c(F)c1C1=CCCN2C(c3ncc(C(/C=C\C)=C(\F)C(=N)C(=C)C#N)[nH]3)CCC2(C)C1. The quantitative estimate of drug-likeness (QED) is 0.101. The van der Waals surface area contributed by atoms with Gasteiger partial charge in [-0.05, 0) is 63.7 Å². The average Bonchev–Trinajstić information content (AvgIpc) is 3.53. The number of aromatic amines is 1. The summed E-state index contributed by atoms with van der Waals surface area (Å²) >= 11 is 0. The molecule has 2 atom stereocenters. The molecule has 3 heterocycles. The molecule has 1 aromatic heterocycles. The van der Waals surface area contributed by atoms with E-state index >= 15 is 8.78 Å². The molecular weight excluding hydrogens is 522 g/mol. The number of aryl methyl sites for hydroxylation is 1. The van der Waals surface area contributed by atoms with Crippen LogP contribution in [0.15, 0.2) is 59.6 Å². The average molecular weight is 557 g/mol. The van der Waals surface area contributed by atoms with Crippen molar-refractivity contribution in [3.63, 3.8) is 0 Å². The van der Waals surface area contributed by atoms with Gasteiger partial charge in [0.2, 0.25) is 0 Å². The highest BCUT2D eigenvalue weighted by Crippen LogP contribution is 2.49. The van der Waals surface area contributed by atoms with Gasteiger partial charge >= 0.3 is 0 Å². The maximum absolute atomic E-state index is 15.6. The first-order valence-electron chi connectivity index (χ1n) is 13.4. The fourth-order valence-electron chi connectivity index (χ4n) is 5.84. The first kappa shape index (κ1) is 29.5. The standard InChI is InChI=1S/C31H34F2N8/c1-6-8-22(28(33)29(36)20(3)16-34)23-17-38-30(39-23)25-12-13-31(4)15-21(9-7-14-40(25)31)26-24(41(18-35)37-5)11-10-19(2)27(26)32/h6,8-11,17-18,25,35-36H,3,5,7,12-15H2,1-2,4H3,(H,38,39)/b8-6-,28-22-,35-18?,36-29?. The summed E-state index contributed by atoms with van der Waals surface area (Å²) in [6.07, 6.45) is 10.7. The van der Waals surface area contributed by atoms with Crippen molar-refractivity contribution in [1.29, 1.82) is 16.1 Å². The van der Waals surface area contributed by atoms with E-state index < -0.39 is 11.5 Å². The summed E-state index contributed by atoms with van der Waals surface area (Å²) in [6.45, 7) is 13.3. The molecule has 10 heteroatoms. The molecule has 0 amide bonds. The third-order valence-corrected chi connectivity index (χ3v) is 7.94. The summed E-state index contributed by atoms with van der Waals surface area (Å²) < 4.78 is 30.9. The molecule has 1 fully saturated rings. The number of hydrogen-bond acceptors (Lipinski definition) is 6. The molecule has 2 unspecified atom stereocenters. The molecule has 3 N–H and O–H groups in total. The van der Waals surface area contributed by atoms with Crippen molar-refractivity contribution in [2.24, 2.45) is 5.10 Å². The lowest BCUT2D eigenvalue weighted by molar-refractivity contribution is 0.120. The van der Waals surface area contributed by atoms with E-state index in [1.165, 1.54) is 11.1 Å². The summed E-state index contributed by atoms with van der Waals surface area (Å²) in [7, 11) is 0. The Hall–Kier alpha value is -4.49. The molecule has 8 nitrogen and oxygen atoms in total. The van der Waals surface area contributed by atoms with Gasteiger partial charge in [0.25, 0.3) is 0 Å². The number of benzene rings is 1. The van der Waals surface area contributed by atoms with Crippen molar-refractivity contribution in [2.45, 2.75) is 58.0 Å². The monoisotopic (exact) mass is 556 g/mol. The van der Waals surface area contributed by atoms with Crippen LogP contribution in [-0.4, -0.2) is 45.7 Å². The number of hydrazone groups is 1. The van der Waals surface area contributed by atoms with Crippen LogP contribution in [0.5, 0.6) is 0 Å². The summed E-state index contributed by atoms with van der Waals surface area (Å²) in [4.78, 5) is 10.2. The molecule has 1 aromatic carbocycles. The zero-order valence-corrected chi connectivity index (χ0v) is 23.6. The van der Waals surface area contributed by atoms with Crippen LogP contribution in [0, 0.1) is 34.9 Å². The molecule has 2 aliphatic heterocycles. The van der Waals surface area contributed by atoms with E-state index in [0.717, 1.165) is 31.3 Å². The van der Waals surface area contributed by atoms with Gasteiger partial charge in [0.05, 0.1) is 29.2 Å². The number of rotatable bonds is 9. The van der Waals surface area contributed by atoms with Crippen LogP contribution in [0.4, 0.5) is 14.5 Å². The van der Waals surface area contributed by atoms with Crippen LogP contribution in [0.2, 0.25) is 0 Å². The predicted molar refractivity (Wildman–Crippen MR) is 160 cm³/mol. The van der Waals surface area contributed by atoms with E-state index in [4.69, 9.17) is 16.1 Å². The summed E-state index contributed by atoms with van der Waals surface area (Å²) in [6, 6.07) is 5.10. The number of anilines is 1. The Balaban J connectivity index is 1.67. The number of allylic oxidation sites excluding steroid dienone is 5. The maximum Gasteiger partial charge on any atom is 0.158 e. The van der Waals surface area contributed by atoms with Crippen LogP contribution in [0.3, 0.4) is 0 Å². The van der Waals surface area contributed by atoms with Crippen molar-refractivity contribution in [1.82, 2.24) is 14.9 Å². The maximum atomic E-state index is 15.6. The van der Waals surface area contributed by atoms with Gasteiger partial charge in [-0.15, -0.1) is 0 Å². The summed E-state index contributed by atoms with van der Waals surface area (Å²) in [5.41, 5.74) is 1.69. The number of halogens is 2. The molecule has 41 heavy (non-hydrogen) atoms. The van der Waals surface area contributed by atoms with Crippen molar-refractivity contribution >= 4 is 35.6 Å². The van der Waals surface area contributed by atoms with E-state index in [9.17, 15) is 0 Å². The molecule has 1 saturated heterocycles. The molecular formula is C31H34F2N8. The van der Waals surface area contributed by atoms with E-state index in [0.29, 0.717) is 41.2 Å². The zero-order chi connectivity index (χ0) is 29.9. The number of nitrogens with one attached hydrogen (secondary N) is 3. The number of imidazole rings is 1. The highest BCUT2D eigenvalue weighted by molar-refractivity contribution is 6.15. The van der Waals surface area contributed by atoms with Gasteiger partial charge in [0.15, 0.2) is 5.83 Å². The number of fused-ring (bicyclic) bond motifs is 1. The molecule has 0 saturated carbocycles.